The van der Waals surface area contributed by atoms with Gasteiger partial charge in [-0.3, -0.25) is 0 Å². The van der Waals surface area contributed by atoms with Crippen molar-refractivity contribution < 1.29 is 27.0 Å². The first kappa shape index (κ1) is 39.9. The Balaban J connectivity index is 0.000000189. The number of aryl methyl sites for hydroxylation is 4. The summed E-state index contributed by atoms with van der Waals surface area (Å²) in [6.45, 7) is 7.78. The third-order valence-electron chi connectivity index (χ3n) is 9.16. The van der Waals surface area contributed by atoms with Crippen molar-refractivity contribution in [3.05, 3.63) is 215 Å². The molecule has 0 saturated heterocycles. The van der Waals surface area contributed by atoms with Gasteiger partial charge < -0.3 is 10.2 Å². The summed E-state index contributed by atoms with van der Waals surface area (Å²) in [7, 11) is 0. The smallest absolute Gasteiger partial charge is 0.858 e. The van der Waals surface area contributed by atoms with Gasteiger partial charge in [0.15, 0.2) is 0 Å². The Morgan fingerprint density at radius 2 is 0.719 bits per heavy atom. The number of rotatable bonds is 8. The minimum atomic E-state index is -0.168. The van der Waals surface area contributed by atoms with Crippen LogP contribution in [0.15, 0.2) is 180 Å². The van der Waals surface area contributed by atoms with Crippen LogP contribution < -0.4 is 10.2 Å². The number of nitrogens with zero attached hydrogens (tertiary/aromatic N) is 6. The van der Waals surface area contributed by atoms with Gasteiger partial charge in [-0.1, -0.05) is 132 Å². The van der Waals surface area contributed by atoms with Crippen molar-refractivity contribution in [3.63, 3.8) is 0 Å². The summed E-state index contributed by atoms with van der Waals surface area (Å²) in [6, 6.07) is 54.3. The molecular formula is C48H40CoN6O2. The summed E-state index contributed by atoms with van der Waals surface area (Å²) in [6.07, 6.45) is 0. The van der Waals surface area contributed by atoms with Crippen molar-refractivity contribution >= 4 is 22.8 Å². The molecule has 0 saturated carbocycles. The molecule has 6 aromatic carbocycles. The first-order chi connectivity index (χ1) is 27.3. The van der Waals surface area contributed by atoms with E-state index < -0.39 is 0 Å². The van der Waals surface area contributed by atoms with E-state index in [9.17, 15) is 10.2 Å². The van der Waals surface area contributed by atoms with Crippen LogP contribution in [0.1, 0.15) is 44.8 Å². The van der Waals surface area contributed by atoms with Gasteiger partial charge in [0.2, 0.25) is 0 Å². The number of aliphatic imine (C=N–C) groups is 2. The second-order valence-electron chi connectivity index (χ2n) is 13.3. The normalized spacial score (nSPS) is 11.4. The first-order valence-corrected chi connectivity index (χ1v) is 18.3. The fourth-order valence-electron chi connectivity index (χ4n) is 6.26. The van der Waals surface area contributed by atoms with E-state index in [0.717, 1.165) is 45.0 Å². The van der Waals surface area contributed by atoms with E-state index in [1.54, 1.807) is 0 Å². The van der Waals surface area contributed by atoms with Gasteiger partial charge in [-0.05, 0) is 76.2 Å². The zero-order valence-corrected chi connectivity index (χ0v) is 33.0. The zero-order valence-electron chi connectivity index (χ0n) is 32.0. The predicted octanol–water partition coefficient (Wildman–Crippen LogP) is 9.46. The maximum Gasteiger partial charge on any atom is 2.00 e. The summed E-state index contributed by atoms with van der Waals surface area (Å²) in [5, 5.41) is 35.5. The fourth-order valence-corrected chi connectivity index (χ4v) is 6.26. The second-order valence-corrected chi connectivity index (χ2v) is 13.3. The third-order valence-corrected chi connectivity index (χ3v) is 9.16. The van der Waals surface area contributed by atoms with Gasteiger partial charge in [0.25, 0.3) is 0 Å². The zero-order chi connectivity index (χ0) is 39.0. The van der Waals surface area contributed by atoms with Gasteiger partial charge in [-0.2, -0.15) is 10.2 Å². The minimum absolute atomic E-state index is 0. The summed E-state index contributed by atoms with van der Waals surface area (Å²) >= 11 is 0. The largest absolute Gasteiger partial charge is 2.00 e. The molecule has 0 amide bonds. The van der Waals surface area contributed by atoms with E-state index in [4.69, 9.17) is 9.98 Å². The minimum Gasteiger partial charge on any atom is -0.858 e. The first-order valence-electron chi connectivity index (χ1n) is 18.3. The molecule has 0 fully saturated rings. The van der Waals surface area contributed by atoms with E-state index in [0.29, 0.717) is 33.9 Å². The van der Waals surface area contributed by atoms with Crippen molar-refractivity contribution in [2.75, 3.05) is 0 Å². The number of benzene rings is 6. The number of hydrogen-bond acceptors (Lipinski definition) is 6. The molecule has 0 N–H and O–H groups in total. The molecule has 2 aromatic heterocycles. The van der Waals surface area contributed by atoms with Crippen molar-refractivity contribution in [1.82, 2.24) is 19.6 Å². The van der Waals surface area contributed by atoms with E-state index in [1.807, 2.05) is 198 Å². The Labute approximate surface area is 343 Å². The Kier molecular flexibility index (Phi) is 12.7. The molecule has 0 aliphatic rings. The Morgan fingerprint density at radius 1 is 0.421 bits per heavy atom. The van der Waals surface area contributed by atoms with Crippen molar-refractivity contribution in [3.8, 4) is 23.1 Å². The molecule has 8 nitrogen and oxygen atoms in total. The molecule has 0 spiro atoms. The standard InChI is InChI=1S/2C24H21N3O.Co/c2*1-17-13-15-20(16-14-17)25-23(19-9-5-3-6-10-19)22-18(2)26-27(24(22)28)21-11-7-4-8-12-21;/h2*3-16,28H,1-2H3;/q;;+2/p-2. The van der Waals surface area contributed by atoms with Gasteiger partial charge in [-0.25, -0.2) is 19.3 Å². The third kappa shape index (κ3) is 9.19. The van der Waals surface area contributed by atoms with Gasteiger partial charge in [0.1, 0.15) is 0 Å². The van der Waals surface area contributed by atoms with Crippen LogP contribution in [0.3, 0.4) is 0 Å². The number of aromatic nitrogens is 4. The molecule has 0 atom stereocenters. The molecule has 9 heteroatoms. The summed E-state index contributed by atoms with van der Waals surface area (Å²) in [5.74, 6) is -0.336. The SMILES string of the molecule is Cc1ccc(N=C(c2ccccc2)c2c(C)nn(-c3ccccc3)c2[O-])cc1.Cc1ccc(N=C(c2ccccc2)c2c(C)nn(-c3ccccc3)c2[O-])cc1.[Co+2]. The van der Waals surface area contributed by atoms with Crippen LogP contribution in [0.2, 0.25) is 0 Å². The Hall–Kier alpha value is -6.81. The van der Waals surface area contributed by atoms with Crippen molar-refractivity contribution in [2.24, 2.45) is 9.98 Å². The molecule has 2 heterocycles. The quantitative estimate of drug-likeness (QED) is 0.143. The molecule has 0 bridgehead atoms. The Bertz CT molecular complexity index is 2420. The van der Waals surface area contributed by atoms with E-state index in [2.05, 4.69) is 10.2 Å². The summed E-state index contributed by atoms with van der Waals surface area (Å²) in [5.41, 5.74) is 10.8. The molecule has 0 aliphatic heterocycles. The molecule has 0 unspecified atom stereocenters. The molecule has 57 heavy (non-hydrogen) atoms. The van der Waals surface area contributed by atoms with Crippen LogP contribution in [0.5, 0.6) is 11.8 Å². The van der Waals surface area contributed by atoms with Gasteiger partial charge in [-0.15, -0.1) is 0 Å². The van der Waals surface area contributed by atoms with Crippen LogP contribution in [0.4, 0.5) is 11.4 Å². The number of hydrogen-bond donors (Lipinski definition) is 0. The van der Waals surface area contributed by atoms with E-state index >= 15 is 0 Å². The fraction of sp³-hybridized carbons (Fsp3) is 0.0833. The second kappa shape index (κ2) is 18.2. The molecular weight excluding hydrogens is 752 g/mol. The van der Waals surface area contributed by atoms with Crippen LogP contribution in [-0.4, -0.2) is 31.0 Å². The van der Waals surface area contributed by atoms with E-state index in [1.165, 1.54) is 9.36 Å². The van der Waals surface area contributed by atoms with Gasteiger partial charge in [0.05, 0.1) is 45.6 Å². The van der Waals surface area contributed by atoms with Gasteiger partial charge in [0, 0.05) is 34.0 Å². The Morgan fingerprint density at radius 3 is 1.04 bits per heavy atom. The van der Waals surface area contributed by atoms with Crippen LogP contribution >= 0.6 is 0 Å². The van der Waals surface area contributed by atoms with Crippen LogP contribution in [0, 0.1) is 27.7 Å². The van der Waals surface area contributed by atoms with Gasteiger partial charge >= 0.3 is 16.8 Å². The average molecular weight is 792 g/mol. The molecule has 0 aliphatic carbocycles. The van der Waals surface area contributed by atoms with Crippen LogP contribution in [-0.2, 0) is 16.8 Å². The molecule has 8 aromatic rings. The maximum absolute atomic E-state index is 13.3. The summed E-state index contributed by atoms with van der Waals surface area (Å²) in [4.78, 5) is 9.66. The summed E-state index contributed by atoms with van der Waals surface area (Å²) < 4.78 is 2.89. The maximum atomic E-state index is 13.3. The molecule has 1 radical (unpaired) electrons. The van der Waals surface area contributed by atoms with Crippen LogP contribution in [0.25, 0.3) is 11.4 Å². The predicted molar refractivity (Wildman–Crippen MR) is 221 cm³/mol. The van der Waals surface area contributed by atoms with E-state index in [-0.39, 0.29) is 28.5 Å². The monoisotopic (exact) mass is 791 g/mol. The van der Waals surface area contributed by atoms with Crippen molar-refractivity contribution in [1.29, 1.82) is 0 Å². The molecule has 283 valence electrons. The number of para-hydroxylation sites is 2. The topological polar surface area (TPSA) is 106 Å². The molecule has 8 rings (SSSR count). The average Bonchev–Trinajstić information content (AvgIpc) is 3.71. The van der Waals surface area contributed by atoms with Crippen molar-refractivity contribution in [2.45, 2.75) is 27.7 Å².